The molecule has 0 saturated carbocycles. The second-order valence-corrected chi connectivity index (χ2v) is 10.1. The fourth-order valence-corrected chi connectivity index (χ4v) is 4.72. The van der Waals surface area contributed by atoms with Gasteiger partial charge in [0.2, 0.25) is 10.0 Å². The molecule has 146 valence electrons. The van der Waals surface area contributed by atoms with Crippen molar-refractivity contribution in [2.24, 2.45) is 0 Å². The molecule has 0 aliphatic rings. The number of sulfonamides is 1. The van der Waals surface area contributed by atoms with E-state index in [0.717, 1.165) is 27.4 Å². The standard InChI is InChI=1S/C20H20N2O3S3/c1-28(24,25)21-12-11-15-7-9-17(10-8-15)19(23)14-27-20-22-18(13-26-20)16-5-3-2-4-6-16/h2-10,13,21H,11-12,14H2,1H3. The number of ketones is 1. The van der Waals surface area contributed by atoms with E-state index in [-0.39, 0.29) is 5.78 Å². The summed E-state index contributed by atoms with van der Waals surface area (Å²) in [4.78, 5) is 17.0. The third-order valence-corrected chi connectivity index (χ3v) is 6.68. The van der Waals surface area contributed by atoms with Crippen molar-refractivity contribution in [3.05, 3.63) is 71.1 Å². The summed E-state index contributed by atoms with van der Waals surface area (Å²) in [5.74, 6) is 0.374. The number of nitrogens with one attached hydrogen (secondary N) is 1. The molecule has 0 amide bonds. The van der Waals surface area contributed by atoms with Crippen LogP contribution in [0.15, 0.2) is 64.3 Å². The monoisotopic (exact) mass is 432 g/mol. The third-order valence-electron chi connectivity index (χ3n) is 3.93. The molecule has 0 radical (unpaired) electrons. The van der Waals surface area contributed by atoms with Crippen LogP contribution in [0, 0.1) is 0 Å². The van der Waals surface area contributed by atoms with E-state index in [2.05, 4.69) is 9.71 Å². The topological polar surface area (TPSA) is 76.1 Å². The largest absolute Gasteiger partial charge is 0.293 e. The van der Waals surface area contributed by atoms with E-state index in [1.807, 2.05) is 47.8 Å². The highest BCUT2D eigenvalue weighted by molar-refractivity contribution is 8.01. The number of carbonyl (C=O) groups is 1. The second kappa shape index (κ2) is 9.47. The number of carbonyl (C=O) groups excluding carboxylic acids is 1. The lowest BCUT2D eigenvalue weighted by Gasteiger charge is -2.04. The Morgan fingerprint density at radius 2 is 1.82 bits per heavy atom. The lowest BCUT2D eigenvalue weighted by atomic mass is 10.1. The first-order valence-corrected chi connectivity index (χ1v) is 12.4. The quantitative estimate of drug-likeness (QED) is 0.410. The second-order valence-electron chi connectivity index (χ2n) is 6.19. The minimum Gasteiger partial charge on any atom is -0.293 e. The number of hydrogen-bond acceptors (Lipinski definition) is 6. The van der Waals surface area contributed by atoms with Crippen LogP contribution in [-0.2, 0) is 16.4 Å². The molecule has 5 nitrogen and oxygen atoms in total. The van der Waals surface area contributed by atoms with Gasteiger partial charge in [-0.1, -0.05) is 66.4 Å². The molecule has 2 aromatic carbocycles. The molecule has 1 N–H and O–H groups in total. The summed E-state index contributed by atoms with van der Waals surface area (Å²) in [5, 5.41) is 2.00. The zero-order valence-corrected chi connectivity index (χ0v) is 17.7. The minimum absolute atomic E-state index is 0.0438. The van der Waals surface area contributed by atoms with Gasteiger partial charge in [0.15, 0.2) is 10.1 Å². The van der Waals surface area contributed by atoms with E-state index < -0.39 is 10.0 Å². The predicted molar refractivity (Wildman–Crippen MR) is 116 cm³/mol. The van der Waals surface area contributed by atoms with Gasteiger partial charge in [0.25, 0.3) is 0 Å². The van der Waals surface area contributed by atoms with Crippen LogP contribution >= 0.6 is 23.1 Å². The molecule has 3 aromatic rings. The van der Waals surface area contributed by atoms with Crippen LogP contribution in [0.25, 0.3) is 11.3 Å². The summed E-state index contributed by atoms with van der Waals surface area (Å²) in [6.45, 7) is 0.343. The summed E-state index contributed by atoms with van der Waals surface area (Å²) >= 11 is 2.98. The van der Waals surface area contributed by atoms with Gasteiger partial charge in [0.05, 0.1) is 17.7 Å². The summed E-state index contributed by atoms with van der Waals surface area (Å²) in [7, 11) is -3.18. The first-order chi connectivity index (χ1) is 13.4. The summed E-state index contributed by atoms with van der Waals surface area (Å²) in [6, 6.07) is 17.3. The Kier molecular flexibility index (Phi) is 7.01. The molecule has 8 heteroatoms. The average Bonchev–Trinajstić information content (AvgIpc) is 3.15. The van der Waals surface area contributed by atoms with Crippen LogP contribution in [0.3, 0.4) is 0 Å². The van der Waals surface area contributed by atoms with Crippen molar-refractivity contribution in [2.45, 2.75) is 10.8 Å². The van der Waals surface area contributed by atoms with Crippen LogP contribution in [0.2, 0.25) is 0 Å². The van der Waals surface area contributed by atoms with Gasteiger partial charge >= 0.3 is 0 Å². The van der Waals surface area contributed by atoms with E-state index >= 15 is 0 Å². The molecule has 1 aromatic heterocycles. The Labute approximate surface area is 173 Å². The van der Waals surface area contributed by atoms with E-state index in [9.17, 15) is 13.2 Å². The lowest BCUT2D eigenvalue weighted by molar-refractivity contribution is 0.102. The minimum atomic E-state index is -3.18. The van der Waals surface area contributed by atoms with Crippen molar-refractivity contribution in [1.29, 1.82) is 0 Å². The van der Waals surface area contributed by atoms with Gasteiger partial charge in [-0.05, 0) is 12.0 Å². The molecule has 1 heterocycles. The molecule has 0 fully saturated rings. The Morgan fingerprint density at radius 3 is 2.50 bits per heavy atom. The number of Topliss-reactive ketones (excluding diaryl/α,β-unsaturated/α-hetero) is 1. The predicted octanol–water partition coefficient (Wildman–Crippen LogP) is 3.88. The zero-order chi connectivity index (χ0) is 20.0. The van der Waals surface area contributed by atoms with Gasteiger partial charge in [-0.15, -0.1) is 11.3 Å². The molecule has 0 aliphatic heterocycles. The summed E-state index contributed by atoms with van der Waals surface area (Å²) in [5.41, 5.74) is 3.62. The first-order valence-electron chi connectivity index (χ1n) is 8.61. The Bertz CT molecular complexity index is 1030. The molecule has 0 atom stereocenters. The third kappa shape index (κ3) is 6.27. The maximum atomic E-state index is 12.4. The van der Waals surface area contributed by atoms with Crippen LogP contribution in [0.4, 0.5) is 0 Å². The van der Waals surface area contributed by atoms with Gasteiger partial charge in [0.1, 0.15) is 0 Å². The number of benzene rings is 2. The van der Waals surface area contributed by atoms with Crippen LogP contribution < -0.4 is 4.72 Å². The van der Waals surface area contributed by atoms with Crippen LogP contribution in [0.1, 0.15) is 15.9 Å². The van der Waals surface area contributed by atoms with E-state index in [4.69, 9.17) is 0 Å². The lowest BCUT2D eigenvalue weighted by Crippen LogP contribution is -2.24. The Balaban J connectivity index is 1.52. The number of nitrogens with zero attached hydrogens (tertiary/aromatic N) is 1. The molecule has 3 rings (SSSR count). The molecule has 0 unspecified atom stereocenters. The Morgan fingerprint density at radius 1 is 1.11 bits per heavy atom. The summed E-state index contributed by atoms with van der Waals surface area (Å²) in [6.07, 6.45) is 1.72. The number of aromatic nitrogens is 1. The summed E-state index contributed by atoms with van der Waals surface area (Å²) < 4.78 is 25.5. The number of thiazole rings is 1. The molecule has 0 bridgehead atoms. The van der Waals surface area contributed by atoms with E-state index in [1.165, 1.54) is 23.1 Å². The van der Waals surface area contributed by atoms with Gasteiger partial charge in [-0.2, -0.15) is 0 Å². The molecule has 0 spiro atoms. The van der Waals surface area contributed by atoms with Crippen molar-refractivity contribution < 1.29 is 13.2 Å². The van der Waals surface area contributed by atoms with Gasteiger partial charge in [-0.3, -0.25) is 4.79 Å². The number of hydrogen-bond donors (Lipinski definition) is 1. The highest BCUT2D eigenvalue weighted by atomic mass is 32.2. The maximum absolute atomic E-state index is 12.4. The van der Waals surface area contributed by atoms with Crippen molar-refractivity contribution in [3.63, 3.8) is 0 Å². The SMILES string of the molecule is CS(=O)(=O)NCCc1ccc(C(=O)CSc2nc(-c3ccccc3)cs2)cc1. The smallest absolute Gasteiger partial charge is 0.208 e. The molecular formula is C20H20N2O3S3. The fraction of sp³-hybridized carbons (Fsp3) is 0.200. The maximum Gasteiger partial charge on any atom is 0.208 e. The van der Waals surface area contributed by atoms with E-state index in [0.29, 0.717) is 24.3 Å². The number of thioether (sulfide) groups is 1. The van der Waals surface area contributed by atoms with Crippen molar-refractivity contribution >= 4 is 38.9 Å². The van der Waals surface area contributed by atoms with Crippen LogP contribution in [0.5, 0.6) is 0 Å². The van der Waals surface area contributed by atoms with Crippen molar-refractivity contribution in [1.82, 2.24) is 9.71 Å². The zero-order valence-electron chi connectivity index (χ0n) is 15.3. The normalized spacial score (nSPS) is 11.5. The van der Waals surface area contributed by atoms with Crippen molar-refractivity contribution in [2.75, 3.05) is 18.6 Å². The average molecular weight is 433 g/mol. The van der Waals surface area contributed by atoms with Crippen molar-refractivity contribution in [3.8, 4) is 11.3 Å². The highest BCUT2D eigenvalue weighted by Gasteiger charge is 2.10. The van der Waals surface area contributed by atoms with Crippen LogP contribution in [-0.4, -0.2) is 37.7 Å². The molecule has 28 heavy (non-hydrogen) atoms. The van der Waals surface area contributed by atoms with Gasteiger partial charge in [-0.25, -0.2) is 18.1 Å². The molecular weight excluding hydrogens is 412 g/mol. The first kappa shape index (κ1) is 20.7. The molecule has 0 aliphatic carbocycles. The van der Waals surface area contributed by atoms with Gasteiger partial charge in [0, 0.05) is 23.1 Å². The molecule has 0 saturated heterocycles. The fourth-order valence-electron chi connectivity index (χ4n) is 2.51. The van der Waals surface area contributed by atoms with E-state index in [1.54, 1.807) is 12.1 Å². The van der Waals surface area contributed by atoms with Gasteiger partial charge < -0.3 is 0 Å². The Hall–Kier alpha value is -2.00. The number of rotatable bonds is 9. The highest BCUT2D eigenvalue weighted by Crippen LogP contribution is 2.28.